The highest BCUT2D eigenvalue weighted by molar-refractivity contribution is 5.75. The number of imidazole rings is 1. The molecule has 0 bridgehead atoms. The maximum atomic E-state index is 5.19. The maximum absolute atomic E-state index is 5.19. The van der Waals surface area contributed by atoms with E-state index >= 15 is 0 Å². The molecule has 3 nitrogen and oxygen atoms in total. The average Bonchev–Trinajstić information content (AvgIpc) is 2.84. The highest BCUT2D eigenvalue weighted by Gasteiger charge is 2.24. The van der Waals surface area contributed by atoms with E-state index in [1.165, 1.54) is 5.56 Å². The number of hydrogen-bond acceptors (Lipinski definition) is 2. The topological polar surface area (TPSA) is 41.2 Å². The van der Waals surface area contributed by atoms with Crippen molar-refractivity contribution in [3.05, 3.63) is 30.1 Å². The SMILES string of the molecule is c1nc2ccc(C3CO3)cc2[nH]1. The minimum Gasteiger partial charge on any atom is -0.368 e. The molecule has 1 fully saturated rings. The van der Waals surface area contributed by atoms with Crippen molar-refractivity contribution in [3.63, 3.8) is 0 Å². The second-order valence-electron chi connectivity index (χ2n) is 3.00. The Kier molecular flexibility index (Phi) is 1.07. The molecule has 1 aliphatic heterocycles. The van der Waals surface area contributed by atoms with Crippen LogP contribution in [0.4, 0.5) is 0 Å². The molecule has 3 heteroatoms. The molecule has 0 saturated carbocycles. The van der Waals surface area contributed by atoms with Gasteiger partial charge in [-0.3, -0.25) is 0 Å². The Morgan fingerprint density at radius 1 is 1.50 bits per heavy atom. The van der Waals surface area contributed by atoms with Crippen LogP contribution in [0, 0.1) is 0 Å². The number of ether oxygens (including phenoxy) is 1. The first-order chi connectivity index (χ1) is 5.93. The highest BCUT2D eigenvalue weighted by Crippen LogP contribution is 2.30. The van der Waals surface area contributed by atoms with Crippen LogP contribution in [-0.4, -0.2) is 16.6 Å². The van der Waals surface area contributed by atoms with E-state index in [-0.39, 0.29) is 0 Å². The summed E-state index contributed by atoms with van der Waals surface area (Å²) in [6.07, 6.45) is 2.04. The summed E-state index contributed by atoms with van der Waals surface area (Å²) in [7, 11) is 0. The molecule has 0 amide bonds. The fourth-order valence-corrected chi connectivity index (χ4v) is 1.39. The van der Waals surface area contributed by atoms with E-state index in [0.29, 0.717) is 6.10 Å². The quantitative estimate of drug-likeness (QED) is 0.644. The van der Waals surface area contributed by atoms with Gasteiger partial charge in [0.25, 0.3) is 0 Å². The van der Waals surface area contributed by atoms with Crippen LogP contribution in [0.15, 0.2) is 24.5 Å². The van der Waals surface area contributed by atoms with E-state index in [1.54, 1.807) is 6.33 Å². The van der Waals surface area contributed by atoms with Crippen molar-refractivity contribution in [2.45, 2.75) is 6.10 Å². The van der Waals surface area contributed by atoms with Gasteiger partial charge in [-0.1, -0.05) is 6.07 Å². The predicted molar refractivity (Wildman–Crippen MR) is 44.8 cm³/mol. The van der Waals surface area contributed by atoms with Crippen LogP contribution >= 0.6 is 0 Å². The third-order valence-corrected chi connectivity index (χ3v) is 2.15. The number of hydrogen-bond donors (Lipinski definition) is 1. The van der Waals surface area contributed by atoms with Crippen LogP contribution in [-0.2, 0) is 4.74 Å². The van der Waals surface area contributed by atoms with Crippen molar-refractivity contribution < 1.29 is 4.74 Å². The first kappa shape index (κ1) is 6.20. The van der Waals surface area contributed by atoms with Gasteiger partial charge in [0, 0.05) is 0 Å². The summed E-state index contributed by atoms with van der Waals surface area (Å²) in [5, 5.41) is 0. The van der Waals surface area contributed by atoms with Crippen LogP contribution < -0.4 is 0 Å². The van der Waals surface area contributed by atoms with Crippen molar-refractivity contribution >= 4 is 11.0 Å². The molecule has 1 aliphatic rings. The molecule has 1 unspecified atom stereocenters. The fraction of sp³-hybridized carbons (Fsp3) is 0.222. The van der Waals surface area contributed by atoms with Gasteiger partial charge in [-0.05, 0) is 17.7 Å². The minimum absolute atomic E-state index is 0.331. The van der Waals surface area contributed by atoms with Crippen molar-refractivity contribution in [2.75, 3.05) is 6.61 Å². The third kappa shape index (κ3) is 0.833. The standard InChI is InChI=1S/C9H8N2O/c1-2-7-8(11-5-10-7)3-6(1)9-4-12-9/h1-3,5,9H,4H2,(H,10,11). The zero-order chi connectivity index (χ0) is 7.97. The predicted octanol–water partition coefficient (Wildman–Crippen LogP) is 1.63. The zero-order valence-electron chi connectivity index (χ0n) is 6.45. The Bertz CT molecular complexity index is 417. The van der Waals surface area contributed by atoms with E-state index in [0.717, 1.165) is 17.6 Å². The summed E-state index contributed by atoms with van der Waals surface area (Å²) in [6, 6.07) is 6.18. The fourth-order valence-electron chi connectivity index (χ4n) is 1.39. The number of H-pyrrole nitrogens is 1. The molecule has 1 N–H and O–H groups in total. The molecule has 12 heavy (non-hydrogen) atoms. The first-order valence-corrected chi connectivity index (χ1v) is 3.98. The second-order valence-corrected chi connectivity index (χ2v) is 3.00. The molecule has 1 aromatic heterocycles. The monoisotopic (exact) mass is 160 g/mol. The Hall–Kier alpha value is -1.35. The van der Waals surface area contributed by atoms with Crippen molar-refractivity contribution in [3.8, 4) is 0 Å². The molecule has 0 aliphatic carbocycles. The lowest BCUT2D eigenvalue weighted by atomic mass is 10.1. The van der Waals surface area contributed by atoms with Crippen LogP contribution in [0.3, 0.4) is 0 Å². The van der Waals surface area contributed by atoms with Crippen molar-refractivity contribution in [1.82, 2.24) is 9.97 Å². The van der Waals surface area contributed by atoms with Crippen LogP contribution in [0.2, 0.25) is 0 Å². The maximum Gasteiger partial charge on any atom is 0.106 e. The third-order valence-electron chi connectivity index (χ3n) is 2.15. The van der Waals surface area contributed by atoms with E-state index < -0.39 is 0 Å². The van der Waals surface area contributed by atoms with Gasteiger partial charge >= 0.3 is 0 Å². The van der Waals surface area contributed by atoms with Gasteiger partial charge in [-0.15, -0.1) is 0 Å². The molecule has 0 radical (unpaired) electrons. The Morgan fingerprint density at radius 2 is 2.42 bits per heavy atom. The lowest BCUT2D eigenvalue weighted by Crippen LogP contribution is -1.79. The van der Waals surface area contributed by atoms with Gasteiger partial charge in [0.1, 0.15) is 6.10 Å². The molecule has 1 atom stereocenters. The lowest BCUT2D eigenvalue weighted by Gasteiger charge is -1.93. The number of aromatic nitrogens is 2. The van der Waals surface area contributed by atoms with Gasteiger partial charge in [-0.25, -0.2) is 4.98 Å². The number of nitrogens with zero attached hydrogens (tertiary/aromatic N) is 1. The molecule has 2 heterocycles. The van der Waals surface area contributed by atoms with E-state index in [4.69, 9.17) is 4.74 Å². The van der Waals surface area contributed by atoms with E-state index in [9.17, 15) is 0 Å². The van der Waals surface area contributed by atoms with Crippen molar-refractivity contribution in [1.29, 1.82) is 0 Å². The van der Waals surface area contributed by atoms with Crippen LogP contribution in [0.1, 0.15) is 11.7 Å². The van der Waals surface area contributed by atoms with E-state index in [2.05, 4.69) is 22.1 Å². The van der Waals surface area contributed by atoms with E-state index in [1.807, 2.05) is 6.07 Å². The number of nitrogens with one attached hydrogen (secondary N) is 1. The summed E-state index contributed by atoms with van der Waals surface area (Å²) in [4.78, 5) is 7.22. The molecule has 2 aromatic rings. The summed E-state index contributed by atoms with van der Waals surface area (Å²) >= 11 is 0. The molecule has 60 valence electrons. The molecule has 0 spiro atoms. The second kappa shape index (κ2) is 2.08. The van der Waals surface area contributed by atoms with Gasteiger partial charge in [0.2, 0.25) is 0 Å². The van der Waals surface area contributed by atoms with Gasteiger partial charge in [-0.2, -0.15) is 0 Å². The molecule has 1 saturated heterocycles. The highest BCUT2D eigenvalue weighted by atomic mass is 16.6. The van der Waals surface area contributed by atoms with Gasteiger partial charge in [0.05, 0.1) is 24.0 Å². The first-order valence-electron chi connectivity index (χ1n) is 3.98. The van der Waals surface area contributed by atoms with Crippen LogP contribution in [0.25, 0.3) is 11.0 Å². The number of epoxide rings is 1. The number of rotatable bonds is 1. The number of fused-ring (bicyclic) bond motifs is 1. The minimum atomic E-state index is 0.331. The van der Waals surface area contributed by atoms with Crippen LogP contribution in [0.5, 0.6) is 0 Å². The largest absolute Gasteiger partial charge is 0.368 e. The van der Waals surface area contributed by atoms with Gasteiger partial charge < -0.3 is 9.72 Å². The summed E-state index contributed by atoms with van der Waals surface area (Å²) in [5.74, 6) is 0. The lowest BCUT2D eigenvalue weighted by molar-refractivity contribution is 0.416. The molecule has 3 rings (SSSR count). The molecule has 1 aromatic carbocycles. The average molecular weight is 160 g/mol. The summed E-state index contributed by atoms with van der Waals surface area (Å²) in [6.45, 7) is 0.861. The number of aromatic amines is 1. The van der Waals surface area contributed by atoms with Crippen molar-refractivity contribution in [2.24, 2.45) is 0 Å². The normalized spacial score (nSPS) is 21.5. The molecular weight excluding hydrogens is 152 g/mol. The molecular formula is C9H8N2O. The number of benzene rings is 1. The Morgan fingerprint density at radius 3 is 3.25 bits per heavy atom. The smallest absolute Gasteiger partial charge is 0.106 e. The van der Waals surface area contributed by atoms with Gasteiger partial charge in [0.15, 0.2) is 0 Å². The summed E-state index contributed by atoms with van der Waals surface area (Å²) in [5.41, 5.74) is 3.34. The Labute approximate surface area is 69.4 Å². The Balaban J connectivity index is 2.21. The summed E-state index contributed by atoms with van der Waals surface area (Å²) < 4.78 is 5.19. The zero-order valence-corrected chi connectivity index (χ0v) is 6.45.